The van der Waals surface area contributed by atoms with E-state index in [0.29, 0.717) is 0 Å². The molecule has 0 aromatic carbocycles. The molecule has 0 radical (unpaired) electrons. The van der Waals surface area contributed by atoms with Crippen molar-refractivity contribution >= 4 is 0 Å². The van der Waals surface area contributed by atoms with Crippen LogP contribution in [0.3, 0.4) is 0 Å². The van der Waals surface area contributed by atoms with Gasteiger partial charge in [-0.2, -0.15) is 0 Å². The third-order valence-corrected chi connectivity index (χ3v) is 4.18. The van der Waals surface area contributed by atoms with Crippen LogP contribution in [-0.2, 0) is 0 Å². The number of hydrogen-bond donors (Lipinski definition) is 1. The molecule has 2 rings (SSSR count). The largest absolute Gasteiger partial charge is 0.324 e. The molecule has 0 spiro atoms. The third-order valence-electron chi connectivity index (χ3n) is 4.18. The molecule has 15 heavy (non-hydrogen) atoms. The standard InChI is InChI=1S/C13H26N2/c1-3-13(14,4-2)10-15(12-7-8-12)9-11-5-6-11/h11-12H,3-10,14H2,1-2H3. The van der Waals surface area contributed by atoms with Crippen molar-refractivity contribution in [2.24, 2.45) is 11.7 Å². The van der Waals surface area contributed by atoms with E-state index in [4.69, 9.17) is 5.73 Å². The van der Waals surface area contributed by atoms with Crippen molar-refractivity contribution in [3.05, 3.63) is 0 Å². The molecule has 2 saturated carbocycles. The fraction of sp³-hybridized carbons (Fsp3) is 1.00. The van der Waals surface area contributed by atoms with Crippen LogP contribution in [-0.4, -0.2) is 29.6 Å². The van der Waals surface area contributed by atoms with E-state index in [1.54, 1.807) is 0 Å². The molecule has 2 aliphatic carbocycles. The van der Waals surface area contributed by atoms with E-state index in [9.17, 15) is 0 Å². The van der Waals surface area contributed by atoms with Crippen LogP contribution >= 0.6 is 0 Å². The molecule has 0 aromatic heterocycles. The van der Waals surface area contributed by atoms with E-state index in [0.717, 1.165) is 31.3 Å². The van der Waals surface area contributed by atoms with Crippen molar-refractivity contribution in [2.75, 3.05) is 13.1 Å². The van der Waals surface area contributed by atoms with Gasteiger partial charge in [0.25, 0.3) is 0 Å². The van der Waals surface area contributed by atoms with Crippen molar-refractivity contribution in [1.29, 1.82) is 0 Å². The Morgan fingerprint density at radius 1 is 1.13 bits per heavy atom. The van der Waals surface area contributed by atoms with E-state index in [1.165, 1.54) is 32.2 Å². The first kappa shape index (κ1) is 11.4. The molecule has 2 N–H and O–H groups in total. The highest BCUT2D eigenvalue weighted by atomic mass is 15.2. The predicted molar refractivity (Wildman–Crippen MR) is 64.8 cm³/mol. The first-order valence-corrected chi connectivity index (χ1v) is 6.70. The number of nitrogens with two attached hydrogens (primary N) is 1. The van der Waals surface area contributed by atoms with Gasteiger partial charge in [0.05, 0.1) is 0 Å². The number of nitrogens with zero attached hydrogens (tertiary/aromatic N) is 1. The van der Waals surface area contributed by atoms with Crippen LogP contribution < -0.4 is 5.73 Å². The van der Waals surface area contributed by atoms with Crippen LogP contribution in [0.2, 0.25) is 0 Å². The Morgan fingerprint density at radius 2 is 1.73 bits per heavy atom. The van der Waals surface area contributed by atoms with Gasteiger partial charge in [-0.05, 0) is 44.4 Å². The van der Waals surface area contributed by atoms with Gasteiger partial charge in [0.15, 0.2) is 0 Å². The Bertz CT molecular complexity index is 203. The molecule has 2 heteroatoms. The maximum Gasteiger partial charge on any atom is 0.0278 e. The maximum absolute atomic E-state index is 6.42. The molecule has 0 bridgehead atoms. The highest BCUT2D eigenvalue weighted by Crippen LogP contribution is 2.35. The summed E-state index contributed by atoms with van der Waals surface area (Å²) in [4.78, 5) is 2.69. The Labute approximate surface area is 94.2 Å². The van der Waals surface area contributed by atoms with Crippen LogP contribution in [0.5, 0.6) is 0 Å². The SMILES string of the molecule is CCC(N)(CC)CN(CC1CC1)C1CC1. The summed E-state index contributed by atoms with van der Waals surface area (Å²) in [6, 6.07) is 0.881. The average Bonchev–Trinajstić information content (AvgIpc) is 3.07. The molecule has 0 atom stereocenters. The van der Waals surface area contributed by atoms with E-state index in [-0.39, 0.29) is 5.54 Å². The van der Waals surface area contributed by atoms with E-state index < -0.39 is 0 Å². The van der Waals surface area contributed by atoms with E-state index >= 15 is 0 Å². The van der Waals surface area contributed by atoms with Gasteiger partial charge >= 0.3 is 0 Å². The smallest absolute Gasteiger partial charge is 0.0278 e. The van der Waals surface area contributed by atoms with Crippen molar-refractivity contribution in [3.8, 4) is 0 Å². The zero-order valence-electron chi connectivity index (χ0n) is 10.3. The second-order valence-electron chi connectivity index (χ2n) is 5.67. The normalized spacial score (nSPS) is 22.4. The van der Waals surface area contributed by atoms with Crippen molar-refractivity contribution in [1.82, 2.24) is 4.90 Å². The van der Waals surface area contributed by atoms with Gasteiger partial charge in [0.2, 0.25) is 0 Å². The molecule has 2 aliphatic rings. The van der Waals surface area contributed by atoms with E-state index in [2.05, 4.69) is 18.7 Å². The fourth-order valence-electron chi connectivity index (χ4n) is 2.29. The summed E-state index contributed by atoms with van der Waals surface area (Å²) < 4.78 is 0. The summed E-state index contributed by atoms with van der Waals surface area (Å²) >= 11 is 0. The summed E-state index contributed by atoms with van der Waals surface area (Å²) in [6.07, 6.45) is 7.96. The molecular weight excluding hydrogens is 184 g/mol. The van der Waals surface area contributed by atoms with Crippen LogP contribution in [0.1, 0.15) is 52.4 Å². The molecule has 0 unspecified atom stereocenters. The maximum atomic E-state index is 6.42. The second kappa shape index (κ2) is 4.42. The summed E-state index contributed by atoms with van der Waals surface area (Å²) in [7, 11) is 0. The molecule has 0 amide bonds. The Kier molecular flexibility index (Phi) is 3.36. The lowest BCUT2D eigenvalue weighted by Crippen LogP contribution is -2.50. The summed E-state index contributed by atoms with van der Waals surface area (Å²) in [6.45, 7) is 6.90. The highest BCUT2D eigenvalue weighted by molar-refractivity contribution is 4.94. The van der Waals surface area contributed by atoms with Gasteiger partial charge in [-0.25, -0.2) is 0 Å². The summed E-state index contributed by atoms with van der Waals surface area (Å²) in [5.41, 5.74) is 6.48. The monoisotopic (exact) mass is 210 g/mol. The minimum atomic E-state index is 0.0669. The van der Waals surface area contributed by atoms with Crippen molar-refractivity contribution in [3.63, 3.8) is 0 Å². The number of hydrogen-bond acceptors (Lipinski definition) is 2. The lowest BCUT2D eigenvalue weighted by molar-refractivity contribution is 0.184. The van der Waals surface area contributed by atoms with Crippen LogP contribution in [0, 0.1) is 5.92 Å². The molecule has 0 aromatic rings. The zero-order valence-corrected chi connectivity index (χ0v) is 10.3. The second-order valence-corrected chi connectivity index (χ2v) is 5.67. The quantitative estimate of drug-likeness (QED) is 0.699. The minimum Gasteiger partial charge on any atom is -0.324 e. The lowest BCUT2D eigenvalue weighted by atomic mass is 9.93. The van der Waals surface area contributed by atoms with Crippen molar-refractivity contribution in [2.45, 2.75) is 64.0 Å². The van der Waals surface area contributed by atoms with Gasteiger partial charge in [-0.3, -0.25) is 4.90 Å². The first-order valence-electron chi connectivity index (χ1n) is 6.70. The Morgan fingerprint density at radius 3 is 2.13 bits per heavy atom. The van der Waals surface area contributed by atoms with E-state index in [1.807, 2.05) is 0 Å². The van der Waals surface area contributed by atoms with Crippen LogP contribution in [0.4, 0.5) is 0 Å². The zero-order chi connectivity index (χ0) is 10.9. The lowest BCUT2D eigenvalue weighted by Gasteiger charge is -2.34. The molecule has 0 aliphatic heterocycles. The predicted octanol–water partition coefficient (Wildman–Crippen LogP) is 2.38. The summed E-state index contributed by atoms with van der Waals surface area (Å²) in [5, 5.41) is 0. The van der Waals surface area contributed by atoms with Gasteiger partial charge in [0.1, 0.15) is 0 Å². The fourth-order valence-corrected chi connectivity index (χ4v) is 2.29. The average molecular weight is 210 g/mol. The van der Waals surface area contributed by atoms with Gasteiger partial charge in [0, 0.05) is 24.7 Å². The number of rotatable bonds is 7. The highest BCUT2D eigenvalue weighted by Gasteiger charge is 2.36. The first-order chi connectivity index (χ1) is 7.17. The summed E-state index contributed by atoms with van der Waals surface area (Å²) in [5.74, 6) is 1.00. The van der Waals surface area contributed by atoms with Crippen LogP contribution in [0.15, 0.2) is 0 Å². The molecule has 0 saturated heterocycles. The van der Waals surface area contributed by atoms with Gasteiger partial charge in [-0.1, -0.05) is 13.8 Å². The Balaban J connectivity index is 1.86. The van der Waals surface area contributed by atoms with Gasteiger partial charge < -0.3 is 5.73 Å². The molecule has 2 fully saturated rings. The molecule has 88 valence electrons. The Hall–Kier alpha value is -0.0800. The third kappa shape index (κ3) is 3.18. The topological polar surface area (TPSA) is 29.3 Å². The molecule has 0 heterocycles. The molecular formula is C13H26N2. The minimum absolute atomic E-state index is 0.0669. The van der Waals surface area contributed by atoms with Crippen molar-refractivity contribution < 1.29 is 0 Å². The van der Waals surface area contributed by atoms with Crippen LogP contribution in [0.25, 0.3) is 0 Å². The van der Waals surface area contributed by atoms with Gasteiger partial charge in [-0.15, -0.1) is 0 Å². The molecule has 2 nitrogen and oxygen atoms in total.